The number of pyridine rings is 1. The summed E-state index contributed by atoms with van der Waals surface area (Å²) in [7, 11) is -2.29. The molecule has 32 heavy (non-hydrogen) atoms. The van der Waals surface area contributed by atoms with Gasteiger partial charge < -0.3 is 9.47 Å². The highest BCUT2D eigenvalue weighted by molar-refractivity contribution is 7.89. The molecule has 8 heteroatoms. The zero-order valence-electron chi connectivity index (χ0n) is 18.2. The lowest BCUT2D eigenvalue weighted by atomic mass is 10.2. The van der Waals surface area contributed by atoms with Gasteiger partial charge in [-0.2, -0.15) is 4.31 Å². The number of aryl methyl sites for hydroxylation is 1. The van der Waals surface area contributed by atoms with Crippen molar-refractivity contribution in [3.8, 4) is 11.5 Å². The lowest BCUT2D eigenvalue weighted by Crippen LogP contribution is -2.32. The Morgan fingerprint density at radius 1 is 0.969 bits per heavy atom. The molecule has 0 saturated carbocycles. The minimum Gasteiger partial charge on any atom is -0.496 e. The molecule has 0 aliphatic carbocycles. The number of ether oxygens (including phenoxy) is 2. The number of fused-ring (bicyclic) bond motifs is 1. The molecule has 0 unspecified atom stereocenters. The van der Waals surface area contributed by atoms with Crippen molar-refractivity contribution in [3.05, 3.63) is 59.8 Å². The van der Waals surface area contributed by atoms with E-state index in [-0.39, 0.29) is 16.2 Å². The number of para-hydroxylation sites is 1. The van der Waals surface area contributed by atoms with Gasteiger partial charge >= 0.3 is 5.97 Å². The molecule has 1 aliphatic rings. The van der Waals surface area contributed by atoms with E-state index in [1.807, 2.05) is 25.1 Å². The van der Waals surface area contributed by atoms with Gasteiger partial charge in [-0.15, -0.1) is 0 Å². The molecule has 168 valence electrons. The normalized spacial score (nSPS) is 15.3. The minimum absolute atomic E-state index is 0.0491. The van der Waals surface area contributed by atoms with Crippen molar-refractivity contribution >= 4 is 26.9 Å². The van der Waals surface area contributed by atoms with Crippen molar-refractivity contribution in [3.63, 3.8) is 0 Å². The number of benzene rings is 2. The Labute approximate surface area is 188 Å². The van der Waals surface area contributed by atoms with E-state index in [0.29, 0.717) is 24.4 Å². The lowest BCUT2D eigenvalue weighted by molar-refractivity contribution is 0.0733. The molecule has 2 aromatic carbocycles. The van der Waals surface area contributed by atoms with Crippen LogP contribution >= 0.6 is 0 Å². The van der Waals surface area contributed by atoms with E-state index < -0.39 is 16.0 Å². The van der Waals surface area contributed by atoms with Gasteiger partial charge in [0.15, 0.2) is 5.75 Å². The fourth-order valence-electron chi connectivity index (χ4n) is 3.89. The van der Waals surface area contributed by atoms with Crippen molar-refractivity contribution in [2.24, 2.45) is 0 Å². The van der Waals surface area contributed by atoms with Crippen LogP contribution in [0.25, 0.3) is 10.9 Å². The van der Waals surface area contributed by atoms with Gasteiger partial charge in [0.05, 0.1) is 12.0 Å². The van der Waals surface area contributed by atoms with Gasteiger partial charge in [-0.25, -0.2) is 18.2 Å². The van der Waals surface area contributed by atoms with Crippen LogP contribution in [0.15, 0.2) is 53.4 Å². The summed E-state index contributed by atoms with van der Waals surface area (Å²) >= 11 is 0. The largest absolute Gasteiger partial charge is 0.496 e. The fraction of sp³-hybridized carbons (Fsp3) is 0.333. The third kappa shape index (κ3) is 4.47. The maximum Gasteiger partial charge on any atom is 0.347 e. The molecule has 7 nitrogen and oxygen atoms in total. The number of sulfonamides is 1. The Balaban J connectivity index is 1.69. The van der Waals surface area contributed by atoms with E-state index in [2.05, 4.69) is 4.98 Å². The molecular weight excluding hydrogens is 428 g/mol. The summed E-state index contributed by atoms with van der Waals surface area (Å²) in [5, 5.41) is 0.838. The maximum atomic E-state index is 13.2. The Bertz CT molecular complexity index is 1250. The van der Waals surface area contributed by atoms with Crippen LogP contribution in [0.5, 0.6) is 11.5 Å². The first-order valence-corrected chi connectivity index (χ1v) is 12.1. The summed E-state index contributed by atoms with van der Waals surface area (Å²) in [4.78, 5) is 17.6. The van der Waals surface area contributed by atoms with Crippen LogP contribution in [0.2, 0.25) is 0 Å². The number of rotatable bonds is 5. The third-order valence-electron chi connectivity index (χ3n) is 5.62. The van der Waals surface area contributed by atoms with Crippen molar-refractivity contribution in [2.75, 3.05) is 20.2 Å². The van der Waals surface area contributed by atoms with Gasteiger partial charge in [0.1, 0.15) is 16.8 Å². The van der Waals surface area contributed by atoms with Gasteiger partial charge in [-0.1, -0.05) is 31.0 Å². The monoisotopic (exact) mass is 454 g/mol. The first kappa shape index (κ1) is 22.2. The van der Waals surface area contributed by atoms with E-state index in [4.69, 9.17) is 9.47 Å². The molecule has 0 atom stereocenters. The van der Waals surface area contributed by atoms with Crippen LogP contribution < -0.4 is 9.47 Å². The molecule has 1 fully saturated rings. The van der Waals surface area contributed by atoms with Crippen molar-refractivity contribution in [1.82, 2.24) is 9.29 Å². The first-order chi connectivity index (χ1) is 15.4. The molecule has 2 heterocycles. The van der Waals surface area contributed by atoms with E-state index in [1.54, 1.807) is 12.1 Å². The molecule has 1 saturated heterocycles. The second kappa shape index (κ2) is 9.26. The smallest absolute Gasteiger partial charge is 0.347 e. The van der Waals surface area contributed by atoms with E-state index >= 15 is 0 Å². The molecule has 4 rings (SSSR count). The van der Waals surface area contributed by atoms with Gasteiger partial charge in [0, 0.05) is 24.2 Å². The van der Waals surface area contributed by atoms with Gasteiger partial charge in [0.2, 0.25) is 10.0 Å². The summed E-state index contributed by atoms with van der Waals surface area (Å²) in [6, 6.07) is 13.4. The maximum absolute atomic E-state index is 13.2. The van der Waals surface area contributed by atoms with E-state index in [0.717, 1.165) is 36.8 Å². The number of esters is 1. The van der Waals surface area contributed by atoms with Crippen LogP contribution in [0, 0.1) is 6.92 Å². The SMILES string of the molecule is COc1ccc(S(=O)(=O)N2CCCCCC2)cc1C(=O)Oc1cccc2ccc(C)nc12. The van der Waals surface area contributed by atoms with Crippen LogP contribution in [0.3, 0.4) is 0 Å². The summed E-state index contributed by atoms with van der Waals surface area (Å²) in [5.74, 6) is -0.154. The van der Waals surface area contributed by atoms with Gasteiger partial charge in [-0.3, -0.25) is 0 Å². The summed E-state index contributed by atoms with van der Waals surface area (Å²) in [6.07, 6.45) is 3.70. The molecule has 3 aromatic rings. The number of hydrogen-bond donors (Lipinski definition) is 0. The molecule has 0 bridgehead atoms. The standard InChI is InChI=1S/C24H26N2O5S/c1-17-10-11-18-8-7-9-22(23(18)25-17)31-24(27)20-16-19(12-13-21(20)30-2)32(28,29)26-14-5-3-4-6-15-26/h7-13,16H,3-6,14-15H2,1-2H3. The summed E-state index contributed by atoms with van der Waals surface area (Å²) in [5.41, 5.74) is 1.41. The van der Waals surface area contributed by atoms with E-state index in [9.17, 15) is 13.2 Å². The second-order valence-electron chi connectivity index (χ2n) is 7.85. The molecule has 0 amide bonds. The first-order valence-electron chi connectivity index (χ1n) is 10.7. The number of nitrogens with zero attached hydrogens (tertiary/aromatic N) is 2. The molecule has 0 radical (unpaired) electrons. The fourth-order valence-corrected chi connectivity index (χ4v) is 5.44. The zero-order valence-corrected chi connectivity index (χ0v) is 19.0. The highest BCUT2D eigenvalue weighted by Crippen LogP contribution is 2.29. The minimum atomic E-state index is -3.72. The van der Waals surface area contributed by atoms with Gasteiger partial charge in [-0.05, 0) is 50.1 Å². The molecule has 0 spiro atoms. The summed E-state index contributed by atoms with van der Waals surface area (Å²) in [6.45, 7) is 2.82. The Kier molecular flexibility index (Phi) is 6.43. The average Bonchev–Trinajstić information content (AvgIpc) is 3.09. The Hall–Kier alpha value is -2.97. The number of carbonyl (C=O) groups is 1. The number of hydrogen-bond acceptors (Lipinski definition) is 6. The van der Waals surface area contributed by atoms with Crippen LogP contribution in [-0.2, 0) is 10.0 Å². The Morgan fingerprint density at radius 2 is 1.72 bits per heavy atom. The Morgan fingerprint density at radius 3 is 2.44 bits per heavy atom. The lowest BCUT2D eigenvalue weighted by Gasteiger charge is -2.20. The molecule has 1 aliphatic heterocycles. The van der Waals surface area contributed by atoms with Crippen molar-refractivity contribution in [2.45, 2.75) is 37.5 Å². The highest BCUT2D eigenvalue weighted by atomic mass is 32.2. The number of methoxy groups -OCH3 is 1. The van der Waals surface area contributed by atoms with Gasteiger partial charge in [0.25, 0.3) is 0 Å². The van der Waals surface area contributed by atoms with Crippen molar-refractivity contribution in [1.29, 1.82) is 0 Å². The molecule has 0 N–H and O–H groups in total. The predicted molar refractivity (Wildman–Crippen MR) is 122 cm³/mol. The number of carbonyl (C=O) groups excluding carboxylic acids is 1. The second-order valence-corrected chi connectivity index (χ2v) is 9.79. The average molecular weight is 455 g/mol. The van der Waals surface area contributed by atoms with E-state index in [1.165, 1.54) is 29.6 Å². The van der Waals surface area contributed by atoms with Crippen molar-refractivity contribution < 1.29 is 22.7 Å². The van der Waals surface area contributed by atoms with Crippen LogP contribution in [0.4, 0.5) is 0 Å². The number of aromatic nitrogens is 1. The van der Waals surface area contributed by atoms with Crippen LogP contribution in [-0.4, -0.2) is 43.9 Å². The predicted octanol–water partition coefficient (Wildman–Crippen LogP) is 4.34. The quantitative estimate of drug-likeness (QED) is 0.421. The van der Waals surface area contributed by atoms with Crippen LogP contribution in [0.1, 0.15) is 41.7 Å². The highest BCUT2D eigenvalue weighted by Gasteiger charge is 2.27. The summed E-state index contributed by atoms with van der Waals surface area (Å²) < 4.78 is 38.9. The third-order valence-corrected chi connectivity index (χ3v) is 7.51. The molecular formula is C24H26N2O5S. The zero-order chi connectivity index (χ0) is 22.7. The topological polar surface area (TPSA) is 85.8 Å². The molecule has 1 aromatic heterocycles.